The molecule has 0 heterocycles. The molecule has 0 fully saturated rings. The first-order valence-electron chi connectivity index (χ1n) is 4.81. The van der Waals surface area contributed by atoms with Gasteiger partial charge < -0.3 is 4.74 Å². The van der Waals surface area contributed by atoms with Gasteiger partial charge in [-0.25, -0.2) is 4.79 Å². The largest absolute Gasteiger partial charge is 0.462 e. The highest BCUT2D eigenvalue weighted by molar-refractivity contribution is 5.93. The first-order chi connectivity index (χ1) is 7.17. The maximum Gasteiger partial charge on any atom is 0.348 e. The van der Waals surface area contributed by atoms with Gasteiger partial charge in [0, 0.05) is 6.42 Å². The number of nitrogens with zero attached hydrogens (tertiary/aromatic N) is 2. The monoisotopic (exact) mass is 206 g/mol. The minimum atomic E-state index is -0.575. The van der Waals surface area contributed by atoms with E-state index >= 15 is 0 Å². The van der Waals surface area contributed by atoms with Crippen LogP contribution in [0.25, 0.3) is 0 Å². The summed E-state index contributed by atoms with van der Waals surface area (Å²) in [5.41, 5.74) is 0.751. The van der Waals surface area contributed by atoms with Crippen LogP contribution in [0.3, 0.4) is 0 Å². The molecule has 0 aliphatic heterocycles. The number of carbonyl (C=O) groups is 1. The van der Waals surface area contributed by atoms with Gasteiger partial charge in [0.2, 0.25) is 0 Å². The number of carbonyl (C=O) groups excluding carboxylic acids is 1. The van der Waals surface area contributed by atoms with Crippen molar-refractivity contribution >= 4 is 5.97 Å². The molecule has 0 saturated heterocycles. The van der Waals surface area contributed by atoms with Gasteiger partial charge in [0.05, 0.1) is 12.7 Å². The lowest BCUT2D eigenvalue weighted by molar-refractivity contribution is -0.138. The third-order valence-electron chi connectivity index (χ3n) is 1.86. The van der Waals surface area contributed by atoms with E-state index in [4.69, 9.17) is 15.3 Å². The highest BCUT2D eigenvalue weighted by Crippen LogP contribution is 2.12. The van der Waals surface area contributed by atoms with E-state index < -0.39 is 5.97 Å². The Bertz CT molecular complexity index is 331. The molecule has 0 radical (unpaired) electrons. The average molecular weight is 206 g/mol. The second-order valence-electron chi connectivity index (χ2n) is 3.00. The number of esters is 1. The van der Waals surface area contributed by atoms with Crippen LogP contribution in [-0.2, 0) is 9.53 Å². The first kappa shape index (κ1) is 13.2. The Morgan fingerprint density at radius 2 is 2.07 bits per heavy atom. The fraction of sp³-hybridized carbons (Fsp3) is 0.545. The Balaban J connectivity index is 4.48. The van der Waals surface area contributed by atoms with Crippen LogP contribution >= 0.6 is 0 Å². The molecule has 0 aromatic rings. The molecule has 0 aliphatic rings. The Kier molecular flexibility index (Phi) is 6.67. The van der Waals surface area contributed by atoms with Gasteiger partial charge in [0.15, 0.2) is 0 Å². The van der Waals surface area contributed by atoms with Crippen LogP contribution in [0.2, 0.25) is 0 Å². The van der Waals surface area contributed by atoms with Crippen molar-refractivity contribution in [1.29, 1.82) is 10.5 Å². The van der Waals surface area contributed by atoms with Gasteiger partial charge in [-0.2, -0.15) is 10.5 Å². The SMILES string of the molecule is CCOC(=O)/C(C#N)=C(\C)CCCC#N. The van der Waals surface area contributed by atoms with Crippen molar-refractivity contribution in [2.75, 3.05) is 6.61 Å². The second-order valence-corrected chi connectivity index (χ2v) is 3.00. The molecule has 0 aromatic heterocycles. The molecule has 4 heteroatoms. The number of rotatable bonds is 5. The maximum absolute atomic E-state index is 11.3. The van der Waals surface area contributed by atoms with E-state index in [-0.39, 0.29) is 12.2 Å². The van der Waals surface area contributed by atoms with Gasteiger partial charge in [-0.05, 0) is 32.3 Å². The van der Waals surface area contributed by atoms with Crippen molar-refractivity contribution in [3.05, 3.63) is 11.1 Å². The van der Waals surface area contributed by atoms with E-state index in [0.29, 0.717) is 24.8 Å². The summed E-state index contributed by atoms with van der Waals surface area (Å²) in [4.78, 5) is 11.3. The summed E-state index contributed by atoms with van der Waals surface area (Å²) in [6.07, 6.45) is 1.67. The van der Waals surface area contributed by atoms with Crippen molar-refractivity contribution in [3.63, 3.8) is 0 Å². The molecule has 80 valence electrons. The molecule has 0 atom stereocenters. The maximum atomic E-state index is 11.3. The molecular formula is C11H14N2O2. The Morgan fingerprint density at radius 1 is 1.40 bits per heavy atom. The lowest BCUT2D eigenvalue weighted by atomic mass is 10.1. The molecule has 15 heavy (non-hydrogen) atoms. The zero-order valence-electron chi connectivity index (χ0n) is 9.04. The van der Waals surface area contributed by atoms with E-state index in [0.717, 1.165) is 0 Å². The summed E-state index contributed by atoms with van der Waals surface area (Å²) in [6.45, 7) is 3.67. The van der Waals surface area contributed by atoms with Gasteiger partial charge in [0.25, 0.3) is 0 Å². The highest BCUT2D eigenvalue weighted by Gasteiger charge is 2.12. The molecule has 4 nitrogen and oxygen atoms in total. The second kappa shape index (κ2) is 7.58. The number of ether oxygens (including phenoxy) is 1. The van der Waals surface area contributed by atoms with E-state index in [9.17, 15) is 4.79 Å². The summed E-state index contributed by atoms with van der Waals surface area (Å²) in [6, 6.07) is 3.85. The van der Waals surface area contributed by atoms with Gasteiger partial charge >= 0.3 is 5.97 Å². The van der Waals surface area contributed by atoms with Crippen LogP contribution < -0.4 is 0 Å². The summed E-state index contributed by atoms with van der Waals surface area (Å²) in [5.74, 6) is -0.575. The number of unbranched alkanes of at least 4 members (excludes halogenated alkanes) is 1. The number of allylic oxidation sites excluding steroid dienone is 1. The van der Waals surface area contributed by atoms with E-state index in [1.54, 1.807) is 13.8 Å². The third-order valence-corrected chi connectivity index (χ3v) is 1.86. The summed E-state index contributed by atoms with van der Waals surface area (Å²) >= 11 is 0. The van der Waals surface area contributed by atoms with Gasteiger partial charge in [0.1, 0.15) is 11.6 Å². The first-order valence-corrected chi connectivity index (χ1v) is 4.81. The minimum Gasteiger partial charge on any atom is -0.462 e. The topological polar surface area (TPSA) is 73.9 Å². The lowest BCUT2D eigenvalue weighted by Crippen LogP contribution is -2.08. The van der Waals surface area contributed by atoms with Crippen LogP contribution in [0.5, 0.6) is 0 Å². The van der Waals surface area contributed by atoms with Gasteiger partial charge in [-0.15, -0.1) is 0 Å². The van der Waals surface area contributed by atoms with Gasteiger partial charge in [-0.3, -0.25) is 0 Å². The van der Waals surface area contributed by atoms with E-state index in [1.165, 1.54) is 0 Å². The van der Waals surface area contributed by atoms with Gasteiger partial charge in [-0.1, -0.05) is 0 Å². The van der Waals surface area contributed by atoms with E-state index in [1.807, 2.05) is 12.1 Å². The molecule has 0 unspecified atom stereocenters. The minimum absolute atomic E-state index is 0.0646. The molecule has 0 aromatic carbocycles. The van der Waals surface area contributed by atoms with Crippen molar-refractivity contribution in [2.45, 2.75) is 33.1 Å². The molecule has 0 spiro atoms. The fourth-order valence-corrected chi connectivity index (χ4v) is 1.08. The zero-order valence-corrected chi connectivity index (χ0v) is 9.04. The summed E-state index contributed by atoms with van der Waals surface area (Å²) in [7, 11) is 0. The molecule has 0 N–H and O–H groups in total. The van der Waals surface area contributed by atoms with Crippen molar-refractivity contribution in [2.24, 2.45) is 0 Å². The number of hydrogen-bond acceptors (Lipinski definition) is 4. The van der Waals surface area contributed by atoms with Crippen molar-refractivity contribution < 1.29 is 9.53 Å². The lowest BCUT2D eigenvalue weighted by Gasteiger charge is -2.03. The molecular weight excluding hydrogens is 192 g/mol. The number of nitriles is 2. The quantitative estimate of drug-likeness (QED) is 0.299. The summed E-state index contributed by atoms with van der Waals surface area (Å²) < 4.78 is 4.74. The molecule has 0 saturated carbocycles. The van der Waals surface area contributed by atoms with Crippen LogP contribution in [0.15, 0.2) is 11.1 Å². The predicted molar refractivity (Wildman–Crippen MR) is 54.4 cm³/mol. The van der Waals surface area contributed by atoms with E-state index in [2.05, 4.69) is 0 Å². The Labute approximate surface area is 89.8 Å². The van der Waals surface area contributed by atoms with Crippen LogP contribution in [0, 0.1) is 22.7 Å². The third kappa shape index (κ3) is 4.83. The van der Waals surface area contributed by atoms with Crippen LogP contribution in [0.4, 0.5) is 0 Å². The van der Waals surface area contributed by atoms with Crippen molar-refractivity contribution in [3.8, 4) is 12.1 Å². The van der Waals surface area contributed by atoms with Crippen molar-refractivity contribution in [1.82, 2.24) is 0 Å². The standard InChI is InChI=1S/C11H14N2O2/c1-3-15-11(14)10(8-13)9(2)6-4-5-7-12/h3-6H2,1-2H3/b10-9+. The zero-order chi connectivity index (χ0) is 11.7. The average Bonchev–Trinajstić information content (AvgIpc) is 2.19. The molecule has 0 amide bonds. The smallest absolute Gasteiger partial charge is 0.348 e. The molecule has 0 aliphatic carbocycles. The normalized spacial score (nSPS) is 10.9. The summed E-state index contributed by atoms with van der Waals surface area (Å²) in [5, 5.41) is 17.1. The van der Waals surface area contributed by atoms with Crippen LogP contribution in [0.1, 0.15) is 33.1 Å². The molecule has 0 rings (SSSR count). The van der Waals surface area contributed by atoms with Crippen LogP contribution in [-0.4, -0.2) is 12.6 Å². The fourth-order valence-electron chi connectivity index (χ4n) is 1.08. The highest BCUT2D eigenvalue weighted by atomic mass is 16.5. The predicted octanol–water partition coefficient (Wildman–Crippen LogP) is 2.08. The molecule has 0 bridgehead atoms. The number of hydrogen-bond donors (Lipinski definition) is 0. The Morgan fingerprint density at radius 3 is 2.53 bits per heavy atom. The Hall–Kier alpha value is -1.81.